The molecule has 3 nitrogen and oxygen atoms in total. The number of methoxy groups -OCH3 is 1. The molecule has 0 bridgehead atoms. The van der Waals surface area contributed by atoms with Crippen LogP contribution in [-0.2, 0) is 6.42 Å². The molecule has 1 rings (SSSR count). The number of hydrogen-bond donors (Lipinski definition) is 0. The van der Waals surface area contributed by atoms with E-state index in [2.05, 4.69) is 6.07 Å². The van der Waals surface area contributed by atoms with Gasteiger partial charge in [-0.1, -0.05) is 6.92 Å². The Labute approximate surface area is 89.3 Å². The average Bonchev–Trinajstić information content (AvgIpc) is 2.26. The summed E-state index contributed by atoms with van der Waals surface area (Å²) in [4.78, 5) is 11.3. The third-order valence-electron chi connectivity index (χ3n) is 2.31. The van der Waals surface area contributed by atoms with E-state index < -0.39 is 0 Å². The van der Waals surface area contributed by atoms with Gasteiger partial charge in [0.25, 0.3) is 0 Å². The SMILES string of the molecule is CCc1cc(C(C)=O)c(OC)cc1C#N. The van der Waals surface area contributed by atoms with Crippen molar-refractivity contribution in [3.63, 3.8) is 0 Å². The number of carbonyl (C=O) groups excluding carboxylic acids is 1. The van der Waals surface area contributed by atoms with E-state index >= 15 is 0 Å². The van der Waals surface area contributed by atoms with Gasteiger partial charge >= 0.3 is 0 Å². The van der Waals surface area contributed by atoms with E-state index in [1.54, 1.807) is 12.1 Å². The van der Waals surface area contributed by atoms with Crippen molar-refractivity contribution in [3.05, 3.63) is 28.8 Å². The van der Waals surface area contributed by atoms with Gasteiger partial charge in [-0.2, -0.15) is 5.26 Å². The summed E-state index contributed by atoms with van der Waals surface area (Å²) in [6.45, 7) is 3.44. The Morgan fingerprint density at radius 1 is 1.53 bits per heavy atom. The molecule has 15 heavy (non-hydrogen) atoms. The Kier molecular flexibility index (Phi) is 3.46. The van der Waals surface area contributed by atoms with Gasteiger partial charge in [0.15, 0.2) is 5.78 Å². The minimum Gasteiger partial charge on any atom is -0.496 e. The van der Waals surface area contributed by atoms with Crippen LogP contribution < -0.4 is 4.74 Å². The van der Waals surface area contributed by atoms with Crippen LogP contribution in [-0.4, -0.2) is 12.9 Å². The fourth-order valence-corrected chi connectivity index (χ4v) is 1.47. The Morgan fingerprint density at radius 2 is 2.20 bits per heavy atom. The summed E-state index contributed by atoms with van der Waals surface area (Å²) in [6.07, 6.45) is 0.729. The Hall–Kier alpha value is -1.82. The van der Waals surface area contributed by atoms with Crippen LogP contribution in [0.5, 0.6) is 5.75 Å². The predicted molar refractivity (Wildman–Crippen MR) is 57.1 cm³/mol. The largest absolute Gasteiger partial charge is 0.496 e. The summed E-state index contributed by atoms with van der Waals surface area (Å²) in [6, 6.07) is 5.45. The second-order valence-electron chi connectivity index (χ2n) is 3.23. The number of aryl methyl sites for hydroxylation is 1. The Bertz CT molecular complexity index is 430. The molecule has 0 amide bonds. The van der Waals surface area contributed by atoms with E-state index in [0.717, 1.165) is 12.0 Å². The van der Waals surface area contributed by atoms with Crippen LogP contribution in [0.4, 0.5) is 0 Å². The van der Waals surface area contributed by atoms with Crippen LogP contribution in [0.25, 0.3) is 0 Å². The van der Waals surface area contributed by atoms with Crippen molar-refractivity contribution < 1.29 is 9.53 Å². The molecule has 0 aliphatic rings. The fraction of sp³-hybridized carbons (Fsp3) is 0.333. The molecule has 1 aromatic carbocycles. The van der Waals surface area contributed by atoms with E-state index in [0.29, 0.717) is 16.9 Å². The van der Waals surface area contributed by atoms with Crippen molar-refractivity contribution in [2.75, 3.05) is 7.11 Å². The zero-order valence-electron chi connectivity index (χ0n) is 9.13. The van der Waals surface area contributed by atoms with E-state index in [1.165, 1.54) is 14.0 Å². The standard InChI is InChI=1S/C12H13NO2/c1-4-9-5-11(8(2)14)12(15-3)6-10(9)7-13/h5-6H,4H2,1-3H3. The van der Waals surface area contributed by atoms with Gasteiger partial charge in [-0.3, -0.25) is 4.79 Å². The molecule has 0 spiro atoms. The van der Waals surface area contributed by atoms with Crippen molar-refractivity contribution in [3.8, 4) is 11.8 Å². The molecular weight excluding hydrogens is 190 g/mol. The molecule has 0 atom stereocenters. The molecule has 78 valence electrons. The lowest BCUT2D eigenvalue weighted by Gasteiger charge is -2.09. The first-order chi connectivity index (χ1) is 7.13. The molecule has 0 fully saturated rings. The number of hydrogen-bond acceptors (Lipinski definition) is 3. The van der Waals surface area contributed by atoms with Crippen LogP contribution in [0.3, 0.4) is 0 Å². The maximum Gasteiger partial charge on any atom is 0.163 e. The second kappa shape index (κ2) is 4.61. The number of nitriles is 1. The number of ether oxygens (including phenoxy) is 1. The maximum absolute atomic E-state index is 11.3. The topological polar surface area (TPSA) is 50.1 Å². The van der Waals surface area contributed by atoms with Crippen molar-refractivity contribution in [1.82, 2.24) is 0 Å². The van der Waals surface area contributed by atoms with Gasteiger partial charge in [-0.05, 0) is 31.0 Å². The lowest BCUT2D eigenvalue weighted by Crippen LogP contribution is -2.01. The van der Waals surface area contributed by atoms with Gasteiger partial charge in [0.05, 0.1) is 24.3 Å². The molecule has 0 saturated carbocycles. The molecule has 1 aromatic rings. The molecule has 3 heteroatoms. The highest BCUT2D eigenvalue weighted by Gasteiger charge is 2.12. The highest BCUT2D eigenvalue weighted by atomic mass is 16.5. The molecular formula is C12H13NO2. The molecule has 0 heterocycles. The Balaban J connectivity index is 3.42. The quantitative estimate of drug-likeness (QED) is 0.708. The van der Waals surface area contributed by atoms with Crippen molar-refractivity contribution in [2.24, 2.45) is 0 Å². The number of rotatable bonds is 3. The molecule has 0 unspecified atom stereocenters. The maximum atomic E-state index is 11.3. The van der Waals surface area contributed by atoms with Crippen LogP contribution in [0.15, 0.2) is 12.1 Å². The summed E-state index contributed by atoms with van der Waals surface area (Å²) in [5.41, 5.74) is 1.98. The van der Waals surface area contributed by atoms with Crippen LogP contribution in [0.1, 0.15) is 35.3 Å². The number of Topliss-reactive ketones (excluding diaryl/α,β-unsaturated/α-hetero) is 1. The van der Waals surface area contributed by atoms with Crippen molar-refractivity contribution in [1.29, 1.82) is 5.26 Å². The monoisotopic (exact) mass is 203 g/mol. The third-order valence-corrected chi connectivity index (χ3v) is 2.31. The fourth-order valence-electron chi connectivity index (χ4n) is 1.47. The summed E-state index contributed by atoms with van der Waals surface area (Å²) < 4.78 is 5.08. The number of ketones is 1. The van der Waals surface area contributed by atoms with Gasteiger partial charge in [0.1, 0.15) is 5.75 Å². The average molecular weight is 203 g/mol. The first-order valence-electron chi connectivity index (χ1n) is 4.76. The van der Waals surface area contributed by atoms with Gasteiger partial charge in [-0.15, -0.1) is 0 Å². The van der Waals surface area contributed by atoms with Gasteiger partial charge < -0.3 is 4.74 Å². The second-order valence-corrected chi connectivity index (χ2v) is 3.23. The van der Waals surface area contributed by atoms with Gasteiger partial charge in [-0.25, -0.2) is 0 Å². The highest BCUT2D eigenvalue weighted by molar-refractivity contribution is 5.97. The molecule has 0 N–H and O–H groups in total. The molecule has 0 aromatic heterocycles. The lowest BCUT2D eigenvalue weighted by molar-refractivity contribution is 0.101. The van der Waals surface area contributed by atoms with E-state index in [1.807, 2.05) is 6.92 Å². The normalized spacial score (nSPS) is 9.47. The zero-order chi connectivity index (χ0) is 11.4. The van der Waals surface area contributed by atoms with Crippen LogP contribution in [0.2, 0.25) is 0 Å². The first-order valence-corrected chi connectivity index (χ1v) is 4.76. The van der Waals surface area contributed by atoms with Gasteiger partial charge in [0.2, 0.25) is 0 Å². The predicted octanol–water partition coefficient (Wildman–Crippen LogP) is 2.33. The minimum atomic E-state index is -0.0500. The summed E-state index contributed by atoms with van der Waals surface area (Å²) in [5.74, 6) is 0.419. The van der Waals surface area contributed by atoms with Gasteiger partial charge in [0, 0.05) is 0 Å². The van der Waals surface area contributed by atoms with E-state index in [4.69, 9.17) is 10.00 Å². The summed E-state index contributed by atoms with van der Waals surface area (Å²) in [7, 11) is 1.49. The lowest BCUT2D eigenvalue weighted by atomic mass is 10.00. The molecule has 0 saturated heterocycles. The van der Waals surface area contributed by atoms with Crippen molar-refractivity contribution in [2.45, 2.75) is 20.3 Å². The molecule has 0 aliphatic heterocycles. The smallest absolute Gasteiger partial charge is 0.163 e. The Morgan fingerprint density at radius 3 is 2.60 bits per heavy atom. The zero-order valence-corrected chi connectivity index (χ0v) is 9.13. The highest BCUT2D eigenvalue weighted by Crippen LogP contribution is 2.24. The van der Waals surface area contributed by atoms with Crippen LogP contribution in [0, 0.1) is 11.3 Å². The number of benzene rings is 1. The van der Waals surface area contributed by atoms with E-state index in [9.17, 15) is 4.79 Å². The molecule has 0 aliphatic carbocycles. The summed E-state index contributed by atoms with van der Waals surface area (Å²) in [5, 5.41) is 8.91. The number of carbonyl (C=O) groups is 1. The van der Waals surface area contributed by atoms with Crippen molar-refractivity contribution >= 4 is 5.78 Å². The van der Waals surface area contributed by atoms with E-state index in [-0.39, 0.29) is 5.78 Å². The first kappa shape index (κ1) is 11.3. The minimum absolute atomic E-state index is 0.0500. The number of nitrogens with zero attached hydrogens (tertiary/aromatic N) is 1. The summed E-state index contributed by atoms with van der Waals surface area (Å²) >= 11 is 0. The third kappa shape index (κ3) is 2.16. The van der Waals surface area contributed by atoms with Crippen LogP contribution >= 0.6 is 0 Å². The molecule has 0 radical (unpaired) electrons.